The molecule has 9 heteroatoms. The molecule has 1 aliphatic heterocycles. The summed E-state index contributed by atoms with van der Waals surface area (Å²) >= 11 is 0. The van der Waals surface area contributed by atoms with Crippen LogP contribution in [0.5, 0.6) is 11.5 Å². The van der Waals surface area contributed by atoms with Gasteiger partial charge in [0.15, 0.2) is 6.61 Å². The average Bonchev–Trinajstić information content (AvgIpc) is 2.79. The van der Waals surface area contributed by atoms with Crippen molar-refractivity contribution in [3.05, 3.63) is 64.2 Å². The lowest BCUT2D eigenvalue weighted by Gasteiger charge is -2.35. The number of non-ortho nitro benzene ring substituents is 1. The zero-order valence-electron chi connectivity index (χ0n) is 16.8. The van der Waals surface area contributed by atoms with E-state index in [1.807, 2.05) is 24.3 Å². The van der Waals surface area contributed by atoms with Gasteiger partial charge in [-0.05, 0) is 29.8 Å². The predicted octanol–water partition coefficient (Wildman–Crippen LogP) is 2.17. The molecule has 1 aliphatic rings. The van der Waals surface area contributed by atoms with Gasteiger partial charge in [0.2, 0.25) is 0 Å². The third-order valence-corrected chi connectivity index (χ3v) is 4.90. The van der Waals surface area contributed by atoms with Gasteiger partial charge in [0.25, 0.3) is 11.6 Å². The molecule has 1 N–H and O–H groups in total. The average molecular weight is 415 g/mol. The summed E-state index contributed by atoms with van der Waals surface area (Å²) in [6.45, 7) is 3.14. The summed E-state index contributed by atoms with van der Waals surface area (Å²) < 4.78 is 16.1. The number of nitro benzene ring substituents is 1. The maximum Gasteiger partial charge on any atom is 0.269 e. The van der Waals surface area contributed by atoms with Gasteiger partial charge in [-0.1, -0.05) is 12.1 Å². The quantitative estimate of drug-likeness (QED) is 0.494. The van der Waals surface area contributed by atoms with Crippen LogP contribution < -0.4 is 14.8 Å². The van der Waals surface area contributed by atoms with E-state index < -0.39 is 4.92 Å². The Kier molecular flexibility index (Phi) is 7.58. The molecule has 2 aromatic rings. The standard InChI is InChI=1S/C21H25N3O6/c1-28-18-6-2-16(3-7-18)20(23-10-12-29-13-11-23)14-22-21(25)15-30-19-8-4-17(5-9-19)24(26)27/h2-9,20H,10-15H2,1H3,(H,22,25)/t20-/m0/s1. The molecule has 0 spiro atoms. The second-order valence-corrected chi connectivity index (χ2v) is 6.78. The molecule has 30 heavy (non-hydrogen) atoms. The van der Waals surface area contributed by atoms with Crippen LogP contribution in [0.2, 0.25) is 0 Å². The maximum absolute atomic E-state index is 12.3. The first kappa shape index (κ1) is 21.5. The fourth-order valence-electron chi connectivity index (χ4n) is 3.25. The van der Waals surface area contributed by atoms with E-state index >= 15 is 0 Å². The number of hydrogen-bond donors (Lipinski definition) is 1. The number of methoxy groups -OCH3 is 1. The summed E-state index contributed by atoms with van der Waals surface area (Å²) in [4.78, 5) is 24.8. The van der Waals surface area contributed by atoms with Crippen molar-refractivity contribution < 1.29 is 23.9 Å². The second-order valence-electron chi connectivity index (χ2n) is 6.78. The van der Waals surface area contributed by atoms with Crippen LogP contribution in [0.15, 0.2) is 48.5 Å². The Morgan fingerprint density at radius 1 is 1.13 bits per heavy atom. The van der Waals surface area contributed by atoms with Gasteiger partial charge in [-0.3, -0.25) is 19.8 Å². The third kappa shape index (κ3) is 5.91. The molecule has 1 saturated heterocycles. The van der Waals surface area contributed by atoms with Crippen LogP contribution in [0, 0.1) is 10.1 Å². The van der Waals surface area contributed by atoms with Crippen molar-refractivity contribution in [1.82, 2.24) is 10.2 Å². The lowest BCUT2D eigenvalue weighted by molar-refractivity contribution is -0.384. The van der Waals surface area contributed by atoms with Gasteiger partial charge < -0.3 is 19.5 Å². The van der Waals surface area contributed by atoms with Crippen LogP contribution in [-0.2, 0) is 9.53 Å². The summed E-state index contributed by atoms with van der Waals surface area (Å²) in [5, 5.41) is 13.6. The van der Waals surface area contributed by atoms with Crippen molar-refractivity contribution in [2.45, 2.75) is 6.04 Å². The zero-order chi connectivity index (χ0) is 21.3. The Balaban J connectivity index is 1.57. The number of amides is 1. The van der Waals surface area contributed by atoms with E-state index in [9.17, 15) is 14.9 Å². The first-order valence-corrected chi connectivity index (χ1v) is 9.66. The van der Waals surface area contributed by atoms with Crippen molar-refractivity contribution >= 4 is 11.6 Å². The number of ether oxygens (including phenoxy) is 3. The molecule has 160 valence electrons. The van der Waals surface area contributed by atoms with Gasteiger partial charge in [-0.15, -0.1) is 0 Å². The number of hydrogen-bond acceptors (Lipinski definition) is 7. The third-order valence-electron chi connectivity index (χ3n) is 4.90. The monoisotopic (exact) mass is 415 g/mol. The highest BCUT2D eigenvalue weighted by Gasteiger charge is 2.23. The van der Waals surface area contributed by atoms with E-state index in [1.165, 1.54) is 24.3 Å². The summed E-state index contributed by atoms with van der Waals surface area (Å²) in [5.41, 5.74) is 1.05. The molecule has 0 aliphatic carbocycles. The molecule has 2 aromatic carbocycles. The molecular formula is C21H25N3O6. The van der Waals surface area contributed by atoms with Gasteiger partial charge in [-0.25, -0.2) is 0 Å². The summed E-state index contributed by atoms with van der Waals surface area (Å²) in [5.74, 6) is 0.913. The van der Waals surface area contributed by atoms with Gasteiger partial charge in [-0.2, -0.15) is 0 Å². The van der Waals surface area contributed by atoms with Gasteiger partial charge in [0, 0.05) is 31.8 Å². The van der Waals surface area contributed by atoms with Crippen molar-refractivity contribution in [2.24, 2.45) is 0 Å². The molecule has 1 fully saturated rings. The smallest absolute Gasteiger partial charge is 0.269 e. The number of benzene rings is 2. The lowest BCUT2D eigenvalue weighted by atomic mass is 10.0. The van der Waals surface area contributed by atoms with Gasteiger partial charge in [0.05, 0.1) is 31.3 Å². The first-order valence-electron chi connectivity index (χ1n) is 9.66. The Hall–Kier alpha value is -3.17. The van der Waals surface area contributed by atoms with Crippen molar-refractivity contribution in [3.63, 3.8) is 0 Å². The molecule has 1 atom stereocenters. The van der Waals surface area contributed by atoms with Crippen LogP contribution >= 0.6 is 0 Å². The van der Waals surface area contributed by atoms with E-state index in [0.717, 1.165) is 24.4 Å². The van der Waals surface area contributed by atoms with Crippen molar-refractivity contribution in [1.29, 1.82) is 0 Å². The molecule has 0 bridgehead atoms. The highest BCUT2D eigenvalue weighted by Crippen LogP contribution is 2.24. The van der Waals surface area contributed by atoms with Crippen LogP contribution in [0.25, 0.3) is 0 Å². The number of morpholine rings is 1. The number of nitrogens with one attached hydrogen (secondary N) is 1. The SMILES string of the molecule is COc1ccc([C@H](CNC(=O)COc2ccc([N+](=O)[O-])cc2)N2CCOCC2)cc1. The zero-order valence-corrected chi connectivity index (χ0v) is 16.8. The largest absolute Gasteiger partial charge is 0.497 e. The number of rotatable bonds is 9. The molecule has 1 heterocycles. The van der Waals surface area contributed by atoms with Crippen LogP contribution in [0.4, 0.5) is 5.69 Å². The second kappa shape index (κ2) is 10.6. The first-order chi connectivity index (χ1) is 14.6. The molecule has 0 aromatic heterocycles. The molecule has 9 nitrogen and oxygen atoms in total. The van der Waals surface area contributed by atoms with Crippen molar-refractivity contribution in [3.8, 4) is 11.5 Å². The van der Waals surface area contributed by atoms with Crippen LogP contribution in [0.3, 0.4) is 0 Å². The number of nitro groups is 1. The number of carbonyl (C=O) groups excluding carboxylic acids is 1. The molecule has 3 rings (SSSR count). The topological polar surface area (TPSA) is 103 Å². The Morgan fingerprint density at radius 2 is 1.77 bits per heavy atom. The fraction of sp³-hybridized carbons (Fsp3) is 0.381. The Labute approximate surface area is 174 Å². The fourth-order valence-corrected chi connectivity index (χ4v) is 3.25. The Bertz CT molecular complexity index is 835. The minimum Gasteiger partial charge on any atom is -0.497 e. The maximum atomic E-state index is 12.3. The minimum absolute atomic E-state index is 0.00290. The molecule has 0 saturated carbocycles. The predicted molar refractivity (Wildman–Crippen MR) is 110 cm³/mol. The summed E-state index contributed by atoms with van der Waals surface area (Å²) in [6.07, 6.45) is 0. The van der Waals surface area contributed by atoms with E-state index in [1.54, 1.807) is 7.11 Å². The number of carbonyl (C=O) groups is 1. The lowest BCUT2D eigenvalue weighted by Crippen LogP contribution is -2.44. The Morgan fingerprint density at radius 3 is 2.37 bits per heavy atom. The van der Waals surface area contributed by atoms with Crippen LogP contribution in [-0.4, -0.2) is 62.3 Å². The molecular weight excluding hydrogens is 390 g/mol. The highest BCUT2D eigenvalue weighted by atomic mass is 16.6. The number of nitrogens with zero attached hydrogens (tertiary/aromatic N) is 2. The highest BCUT2D eigenvalue weighted by molar-refractivity contribution is 5.77. The van der Waals surface area contributed by atoms with Crippen LogP contribution in [0.1, 0.15) is 11.6 Å². The molecule has 0 unspecified atom stereocenters. The molecule has 0 radical (unpaired) electrons. The molecule has 1 amide bonds. The summed E-state index contributed by atoms with van der Waals surface area (Å²) in [7, 11) is 1.62. The normalized spacial score (nSPS) is 15.2. The van der Waals surface area contributed by atoms with E-state index in [-0.39, 0.29) is 24.2 Å². The van der Waals surface area contributed by atoms with Crippen molar-refractivity contribution in [2.75, 3.05) is 46.6 Å². The summed E-state index contributed by atoms with van der Waals surface area (Å²) in [6, 6.07) is 13.4. The van der Waals surface area contributed by atoms with Gasteiger partial charge >= 0.3 is 0 Å². The minimum atomic E-state index is -0.485. The van der Waals surface area contributed by atoms with E-state index in [0.29, 0.717) is 25.5 Å². The van der Waals surface area contributed by atoms with Gasteiger partial charge in [0.1, 0.15) is 11.5 Å². The van der Waals surface area contributed by atoms with E-state index in [2.05, 4.69) is 10.2 Å². The van der Waals surface area contributed by atoms with E-state index in [4.69, 9.17) is 14.2 Å².